The molecule has 1 aromatic carbocycles. The van der Waals surface area contributed by atoms with Gasteiger partial charge in [-0.25, -0.2) is 0 Å². The molecule has 0 N–H and O–H groups in total. The lowest BCUT2D eigenvalue weighted by atomic mass is 10.2. The first-order valence-electron chi connectivity index (χ1n) is 5.99. The zero-order chi connectivity index (χ0) is 12.8. The fourth-order valence-corrected chi connectivity index (χ4v) is 1.87. The van der Waals surface area contributed by atoms with Crippen LogP contribution in [-0.4, -0.2) is 24.0 Å². The maximum absolute atomic E-state index is 5.15. The van der Waals surface area contributed by atoms with Crippen LogP contribution in [0.15, 0.2) is 48.7 Å². The summed E-state index contributed by atoms with van der Waals surface area (Å²) in [7, 11) is 3.78. The zero-order valence-electron chi connectivity index (χ0n) is 10.8. The van der Waals surface area contributed by atoms with E-state index in [0.717, 1.165) is 24.5 Å². The van der Waals surface area contributed by atoms with Gasteiger partial charge in [0.2, 0.25) is 0 Å². The third-order valence-corrected chi connectivity index (χ3v) is 2.77. The van der Waals surface area contributed by atoms with Crippen LogP contribution < -0.4 is 4.74 Å². The van der Waals surface area contributed by atoms with Crippen molar-refractivity contribution in [2.75, 3.05) is 14.2 Å². The molecule has 0 radical (unpaired) electrons. The average Bonchev–Trinajstić information content (AvgIpc) is 2.40. The van der Waals surface area contributed by atoms with Crippen molar-refractivity contribution in [3.63, 3.8) is 0 Å². The molecule has 0 fully saturated rings. The third kappa shape index (κ3) is 3.57. The quantitative estimate of drug-likeness (QED) is 0.806. The van der Waals surface area contributed by atoms with Gasteiger partial charge in [-0.3, -0.25) is 9.88 Å². The Morgan fingerprint density at radius 1 is 1.06 bits per heavy atom. The molecule has 0 saturated heterocycles. The molecule has 3 heteroatoms. The van der Waals surface area contributed by atoms with E-state index >= 15 is 0 Å². The Hall–Kier alpha value is -1.87. The second-order valence-electron chi connectivity index (χ2n) is 4.34. The largest absolute Gasteiger partial charge is 0.497 e. The number of pyridine rings is 1. The summed E-state index contributed by atoms with van der Waals surface area (Å²) < 4.78 is 5.15. The summed E-state index contributed by atoms with van der Waals surface area (Å²) in [6.07, 6.45) is 1.83. The molecule has 0 bridgehead atoms. The molecule has 2 rings (SSSR count). The SMILES string of the molecule is COc1ccc(CN(C)Cc2ccccn2)cc1. The monoisotopic (exact) mass is 242 g/mol. The van der Waals surface area contributed by atoms with E-state index in [9.17, 15) is 0 Å². The predicted molar refractivity (Wildman–Crippen MR) is 72.4 cm³/mol. The fourth-order valence-electron chi connectivity index (χ4n) is 1.87. The van der Waals surface area contributed by atoms with Gasteiger partial charge in [0.05, 0.1) is 12.8 Å². The summed E-state index contributed by atoms with van der Waals surface area (Å²) >= 11 is 0. The highest BCUT2D eigenvalue weighted by atomic mass is 16.5. The number of ether oxygens (including phenoxy) is 1. The van der Waals surface area contributed by atoms with Gasteiger partial charge in [-0.05, 0) is 36.9 Å². The van der Waals surface area contributed by atoms with Crippen LogP contribution in [0.2, 0.25) is 0 Å². The number of aromatic nitrogens is 1. The van der Waals surface area contributed by atoms with Crippen LogP contribution in [-0.2, 0) is 13.1 Å². The molecule has 0 saturated carbocycles. The van der Waals surface area contributed by atoms with E-state index in [2.05, 4.69) is 29.1 Å². The van der Waals surface area contributed by atoms with Crippen molar-refractivity contribution >= 4 is 0 Å². The minimum absolute atomic E-state index is 0.854. The molecule has 0 atom stereocenters. The van der Waals surface area contributed by atoms with Gasteiger partial charge >= 0.3 is 0 Å². The number of nitrogens with zero attached hydrogens (tertiary/aromatic N) is 2. The Morgan fingerprint density at radius 3 is 2.44 bits per heavy atom. The normalized spacial score (nSPS) is 10.6. The molecule has 0 aliphatic heterocycles. The summed E-state index contributed by atoms with van der Waals surface area (Å²) in [5.41, 5.74) is 2.36. The van der Waals surface area contributed by atoms with Gasteiger partial charge in [0.15, 0.2) is 0 Å². The summed E-state index contributed by atoms with van der Waals surface area (Å²) in [5.74, 6) is 0.895. The van der Waals surface area contributed by atoms with Crippen molar-refractivity contribution in [3.8, 4) is 5.75 Å². The molecule has 3 nitrogen and oxygen atoms in total. The van der Waals surface area contributed by atoms with E-state index in [1.165, 1.54) is 5.56 Å². The van der Waals surface area contributed by atoms with E-state index in [0.29, 0.717) is 0 Å². The molecule has 2 aromatic rings. The topological polar surface area (TPSA) is 25.4 Å². The second kappa shape index (κ2) is 6.17. The van der Waals surface area contributed by atoms with Crippen LogP contribution >= 0.6 is 0 Å². The van der Waals surface area contributed by atoms with E-state index in [1.54, 1.807) is 7.11 Å². The first-order chi connectivity index (χ1) is 8.78. The van der Waals surface area contributed by atoms with E-state index < -0.39 is 0 Å². The Labute approximate surface area is 108 Å². The maximum atomic E-state index is 5.15. The standard InChI is InChI=1S/C15H18N2O/c1-17(12-14-5-3-4-10-16-14)11-13-6-8-15(18-2)9-7-13/h3-10H,11-12H2,1-2H3. The van der Waals surface area contributed by atoms with E-state index in [-0.39, 0.29) is 0 Å². The van der Waals surface area contributed by atoms with Gasteiger partial charge in [-0.1, -0.05) is 18.2 Å². The van der Waals surface area contributed by atoms with Gasteiger partial charge < -0.3 is 4.74 Å². The average molecular weight is 242 g/mol. The summed E-state index contributed by atoms with van der Waals surface area (Å²) in [6, 6.07) is 14.2. The molecule has 18 heavy (non-hydrogen) atoms. The lowest BCUT2D eigenvalue weighted by Crippen LogP contribution is -2.17. The molecular formula is C15H18N2O. The number of hydrogen-bond acceptors (Lipinski definition) is 3. The van der Waals surface area contributed by atoms with Crippen LogP contribution in [0.1, 0.15) is 11.3 Å². The maximum Gasteiger partial charge on any atom is 0.118 e. The minimum atomic E-state index is 0.854. The Kier molecular flexibility index (Phi) is 4.31. The number of hydrogen-bond donors (Lipinski definition) is 0. The highest BCUT2D eigenvalue weighted by Gasteiger charge is 2.02. The van der Waals surface area contributed by atoms with E-state index in [1.807, 2.05) is 36.5 Å². The molecule has 0 spiro atoms. The van der Waals surface area contributed by atoms with Gasteiger partial charge in [0.25, 0.3) is 0 Å². The molecule has 94 valence electrons. The summed E-state index contributed by atoms with van der Waals surface area (Å²) in [5, 5.41) is 0. The molecular weight excluding hydrogens is 224 g/mol. The van der Waals surface area contributed by atoms with Crippen LogP contribution in [0.3, 0.4) is 0 Å². The zero-order valence-corrected chi connectivity index (χ0v) is 10.8. The van der Waals surface area contributed by atoms with Gasteiger partial charge in [-0.15, -0.1) is 0 Å². The van der Waals surface area contributed by atoms with Crippen molar-refractivity contribution in [2.45, 2.75) is 13.1 Å². The van der Waals surface area contributed by atoms with Gasteiger partial charge in [0.1, 0.15) is 5.75 Å². The van der Waals surface area contributed by atoms with Gasteiger partial charge in [0, 0.05) is 19.3 Å². The lowest BCUT2D eigenvalue weighted by Gasteiger charge is -2.16. The summed E-state index contributed by atoms with van der Waals surface area (Å²) in [6.45, 7) is 1.76. The molecule has 0 amide bonds. The highest BCUT2D eigenvalue weighted by molar-refractivity contribution is 5.27. The van der Waals surface area contributed by atoms with Crippen molar-refractivity contribution in [1.29, 1.82) is 0 Å². The first kappa shape index (κ1) is 12.6. The Balaban J connectivity index is 1.92. The van der Waals surface area contributed by atoms with E-state index in [4.69, 9.17) is 4.74 Å². The number of methoxy groups -OCH3 is 1. The lowest BCUT2D eigenvalue weighted by molar-refractivity contribution is 0.315. The highest BCUT2D eigenvalue weighted by Crippen LogP contribution is 2.13. The van der Waals surface area contributed by atoms with Crippen LogP contribution in [0.25, 0.3) is 0 Å². The number of benzene rings is 1. The van der Waals surface area contributed by atoms with Crippen molar-refractivity contribution < 1.29 is 4.74 Å². The first-order valence-corrected chi connectivity index (χ1v) is 5.99. The van der Waals surface area contributed by atoms with Gasteiger partial charge in [-0.2, -0.15) is 0 Å². The van der Waals surface area contributed by atoms with Crippen LogP contribution in [0, 0.1) is 0 Å². The van der Waals surface area contributed by atoms with Crippen molar-refractivity contribution in [2.24, 2.45) is 0 Å². The molecule has 0 aliphatic carbocycles. The molecule has 0 unspecified atom stereocenters. The van der Waals surface area contributed by atoms with Crippen LogP contribution in [0.4, 0.5) is 0 Å². The smallest absolute Gasteiger partial charge is 0.118 e. The fraction of sp³-hybridized carbons (Fsp3) is 0.267. The molecule has 1 aromatic heterocycles. The predicted octanol–water partition coefficient (Wildman–Crippen LogP) is 2.72. The third-order valence-electron chi connectivity index (χ3n) is 2.77. The summed E-state index contributed by atoms with van der Waals surface area (Å²) in [4.78, 5) is 6.57. The molecule has 0 aliphatic rings. The second-order valence-corrected chi connectivity index (χ2v) is 4.34. The number of rotatable bonds is 5. The Morgan fingerprint density at radius 2 is 1.83 bits per heavy atom. The Bertz CT molecular complexity index is 468. The van der Waals surface area contributed by atoms with Crippen molar-refractivity contribution in [3.05, 3.63) is 59.9 Å². The van der Waals surface area contributed by atoms with Crippen molar-refractivity contribution in [1.82, 2.24) is 9.88 Å². The molecule has 1 heterocycles. The minimum Gasteiger partial charge on any atom is -0.497 e. The van der Waals surface area contributed by atoms with Crippen LogP contribution in [0.5, 0.6) is 5.75 Å².